The van der Waals surface area contributed by atoms with E-state index in [-0.39, 0.29) is 0 Å². The second-order valence-corrected chi connectivity index (χ2v) is 7.15. The van der Waals surface area contributed by atoms with Crippen molar-refractivity contribution in [2.24, 2.45) is 0 Å². The molecule has 22 heavy (non-hydrogen) atoms. The van der Waals surface area contributed by atoms with Gasteiger partial charge in [0, 0.05) is 18.6 Å². The van der Waals surface area contributed by atoms with Crippen molar-refractivity contribution >= 4 is 0 Å². The van der Waals surface area contributed by atoms with E-state index in [0.717, 1.165) is 12.6 Å². The van der Waals surface area contributed by atoms with Crippen molar-refractivity contribution in [1.82, 2.24) is 4.90 Å². The van der Waals surface area contributed by atoms with Crippen LogP contribution in [0, 0.1) is 0 Å². The molecular formula is C21H31N. The smallest absolute Gasteiger partial charge is 0.0288 e. The molecule has 2 bridgehead atoms. The predicted octanol–water partition coefficient (Wildman–Crippen LogP) is 5.71. The van der Waals surface area contributed by atoms with Gasteiger partial charge in [-0.3, -0.25) is 4.90 Å². The molecule has 2 aliphatic rings. The summed E-state index contributed by atoms with van der Waals surface area (Å²) in [5, 5.41) is 0. The van der Waals surface area contributed by atoms with Gasteiger partial charge in [-0.15, -0.1) is 0 Å². The number of rotatable bonds is 8. The maximum Gasteiger partial charge on any atom is 0.0288 e. The quantitative estimate of drug-likeness (QED) is 0.439. The van der Waals surface area contributed by atoms with Crippen molar-refractivity contribution in [1.29, 1.82) is 0 Å². The summed E-state index contributed by atoms with van der Waals surface area (Å²) in [5.41, 5.74) is 3.23. The zero-order valence-corrected chi connectivity index (χ0v) is 14.1. The van der Waals surface area contributed by atoms with Gasteiger partial charge in [-0.25, -0.2) is 0 Å². The predicted molar refractivity (Wildman–Crippen MR) is 94.9 cm³/mol. The molecule has 1 saturated heterocycles. The third-order valence-electron chi connectivity index (χ3n) is 5.43. The summed E-state index contributed by atoms with van der Waals surface area (Å²) >= 11 is 0. The monoisotopic (exact) mass is 297 g/mol. The fourth-order valence-electron chi connectivity index (χ4n) is 4.19. The van der Waals surface area contributed by atoms with E-state index in [1.165, 1.54) is 63.4 Å². The average molecular weight is 297 g/mol. The summed E-state index contributed by atoms with van der Waals surface area (Å²) in [6.07, 6.45) is 15.1. The third kappa shape index (κ3) is 4.01. The van der Waals surface area contributed by atoms with Crippen LogP contribution in [0.15, 0.2) is 42.0 Å². The summed E-state index contributed by atoms with van der Waals surface area (Å²) in [4.78, 5) is 2.75. The number of benzene rings is 1. The second-order valence-electron chi connectivity index (χ2n) is 7.15. The molecule has 1 aromatic carbocycles. The van der Waals surface area contributed by atoms with Crippen molar-refractivity contribution in [2.45, 2.75) is 83.3 Å². The number of hydrogen-bond donors (Lipinski definition) is 0. The van der Waals surface area contributed by atoms with Crippen LogP contribution in [0.2, 0.25) is 0 Å². The first-order valence-corrected chi connectivity index (χ1v) is 9.36. The van der Waals surface area contributed by atoms with Gasteiger partial charge < -0.3 is 0 Å². The van der Waals surface area contributed by atoms with Gasteiger partial charge >= 0.3 is 0 Å². The van der Waals surface area contributed by atoms with Gasteiger partial charge in [-0.2, -0.15) is 0 Å². The number of unbranched alkanes of at least 4 members (excludes halogenated alkanes) is 4. The molecule has 1 fully saturated rings. The van der Waals surface area contributed by atoms with Gasteiger partial charge in [0.1, 0.15) is 0 Å². The molecule has 0 radical (unpaired) electrons. The normalized spacial score (nSPS) is 24.5. The molecule has 1 heteroatoms. The zero-order chi connectivity index (χ0) is 15.2. The van der Waals surface area contributed by atoms with Gasteiger partial charge in [-0.1, -0.05) is 74.6 Å². The van der Waals surface area contributed by atoms with Crippen LogP contribution in [-0.4, -0.2) is 17.0 Å². The van der Waals surface area contributed by atoms with Crippen LogP contribution in [0.25, 0.3) is 0 Å². The van der Waals surface area contributed by atoms with Gasteiger partial charge in [0.2, 0.25) is 0 Å². The molecule has 0 spiro atoms. The van der Waals surface area contributed by atoms with E-state index < -0.39 is 0 Å². The Bertz CT molecular complexity index is 476. The highest BCUT2D eigenvalue weighted by Crippen LogP contribution is 2.37. The highest BCUT2D eigenvalue weighted by atomic mass is 15.2. The molecule has 120 valence electrons. The highest BCUT2D eigenvalue weighted by Gasteiger charge is 2.35. The van der Waals surface area contributed by atoms with Crippen molar-refractivity contribution in [3.8, 4) is 0 Å². The second kappa shape index (κ2) is 7.97. The van der Waals surface area contributed by atoms with E-state index in [9.17, 15) is 0 Å². The van der Waals surface area contributed by atoms with Gasteiger partial charge in [0.15, 0.2) is 0 Å². The van der Waals surface area contributed by atoms with E-state index in [4.69, 9.17) is 0 Å². The van der Waals surface area contributed by atoms with Crippen molar-refractivity contribution in [3.05, 3.63) is 47.5 Å². The lowest BCUT2D eigenvalue weighted by atomic mass is 9.95. The average Bonchev–Trinajstić information content (AvgIpc) is 2.78. The minimum atomic E-state index is 0.713. The minimum Gasteiger partial charge on any atom is -0.289 e. The SMILES string of the molecule is CCCCCCCC1=CC2CCC(C1)N2Cc1ccccc1. The minimum absolute atomic E-state index is 0.713. The number of fused-ring (bicyclic) bond motifs is 2. The van der Waals surface area contributed by atoms with E-state index in [2.05, 4.69) is 48.2 Å². The number of nitrogens with zero attached hydrogens (tertiary/aromatic N) is 1. The van der Waals surface area contributed by atoms with Gasteiger partial charge in [0.25, 0.3) is 0 Å². The van der Waals surface area contributed by atoms with Crippen molar-refractivity contribution in [2.75, 3.05) is 0 Å². The summed E-state index contributed by atoms with van der Waals surface area (Å²) in [6, 6.07) is 12.5. The Balaban J connectivity index is 1.51. The standard InChI is InChI=1S/C21H31N/c1-2-3-4-5-7-12-19-15-20-13-14-21(16-19)22(20)17-18-10-8-6-9-11-18/h6,8-11,15,20-21H,2-5,7,12-14,16-17H2,1H3. The van der Waals surface area contributed by atoms with Crippen LogP contribution in [0.4, 0.5) is 0 Å². The maximum absolute atomic E-state index is 2.75. The van der Waals surface area contributed by atoms with Crippen LogP contribution >= 0.6 is 0 Å². The van der Waals surface area contributed by atoms with Crippen LogP contribution in [0.1, 0.15) is 70.3 Å². The third-order valence-corrected chi connectivity index (χ3v) is 5.43. The van der Waals surface area contributed by atoms with Crippen LogP contribution in [0.3, 0.4) is 0 Å². The molecule has 2 heterocycles. The van der Waals surface area contributed by atoms with Gasteiger partial charge in [0.05, 0.1) is 0 Å². The largest absolute Gasteiger partial charge is 0.289 e. The fraction of sp³-hybridized carbons (Fsp3) is 0.619. The van der Waals surface area contributed by atoms with E-state index in [0.29, 0.717) is 6.04 Å². The molecule has 0 aromatic heterocycles. The Morgan fingerprint density at radius 3 is 2.59 bits per heavy atom. The maximum atomic E-state index is 2.75. The topological polar surface area (TPSA) is 3.24 Å². The van der Waals surface area contributed by atoms with Crippen LogP contribution in [-0.2, 0) is 6.54 Å². The van der Waals surface area contributed by atoms with Crippen LogP contribution < -0.4 is 0 Å². The fourth-order valence-corrected chi connectivity index (χ4v) is 4.19. The summed E-state index contributed by atoms with van der Waals surface area (Å²) in [6.45, 7) is 3.43. The number of hydrogen-bond acceptors (Lipinski definition) is 1. The molecule has 0 saturated carbocycles. The molecule has 0 aliphatic carbocycles. The molecule has 3 rings (SSSR count). The first-order valence-electron chi connectivity index (χ1n) is 9.36. The lowest BCUT2D eigenvalue weighted by Crippen LogP contribution is -2.37. The molecule has 1 aromatic rings. The molecule has 2 atom stereocenters. The Labute approximate surface area is 136 Å². The molecule has 2 aliphatic heterocycles. The van der Waals surface area contributed by atoms with Crippen molar-refractivity contribution < 1.29 is 0 Å². The molecule has 0 N–H and O–H groups in total. The summed E-state index contributed by atoms with van der Waals surface area (Å²) in [5.74, 6) is 0. The first-order chi connectivity index (χ1) is 10.9. The van der Waals surface area contributed by atoms with Crippen LogP contribution in [0.5, 0.6) is 0 Å². The molecule has 0 amide bonds. The van der Waals surface area contributed by atoms with Gasteiger partial charge in [-0.05, 0) is 37.7 Å². The first kappa shape index (κ1) is 15.8. The Morgan fingerprint density at radius 2 is 1.82 bits per heavy atom. The Morgan fingerprint density at radius 1 is 1.00 bits per heavy atom. The zero-order valence-electron chi connectivity index (χ0n) is 14.1. The van der Waals surface area contributed by atoms with E-state index >= 15 is 0 Å². The summed E-state index contributed by atoms with van der Waals surface area (Å²) in [7, 11) is 0. The Hall–Kier alpha value is -1.08. The van der Waals surface area contributed by atoms with E-state index in [1.54, 1.807) is 5.57 Å². The highest BCUT2D eigenvalue weighted by molar-refractivity contribution is 5.21. The van der Waals surface area contributed by atoms with E-state index in [1.807, 2.05) is 0 Å². The lowest BCUT2D eigenvalue weighted by molar-refractivity contribution is 0.194. The molecule has 2 unspecified atom stereocenters. The summed E-state index contributed by atoms with van der Waals surface area (Å²) < 4.78 is 0. The van der Waals surface area contributed by atoms with Crippen molar-refractivity contribution in [3.63, 3.8) is 0 Å². The lowest BCUT2D eigenvalue weighted by Gasteiger charge is -2.34. The molecule has 1 nitrogen and oxygen atoms in total. The Kier molecular flexibility index (Phi) is 5.72. The molecular weight excluding hydrogens is 266 g/mol.